The first-order valence-corrected chi connectivity index (χ1v) is 10.8. The van der Waals surface area contributed by atoms with Gasteiger partial charge in [0.2, 0.25) is 0 Å². The quantitative estimate of drug-likeness (QED) is 0.260. The molecule has 0 aromatic rings. The Labute approximate surface area is 195 Å². The second-order valence-electron chi connectivity index (χ2n) is 10.3. The monoisotopic (exact) mass is 473 g/mol. The SMILES string of the molecule is CC(C)(C)OC(=O)CCNC(=O)C(NC(=O)OC(C)(C)C)C(=O)NCCC(=O)OC(C)(C)C. The van der Waals surface area contributed by atoms with Crippen molar-refractivity contribution in [3.05, 3.63) is 0 Å². The Balaban J connectivity index is 4.99. The Morgan fingerprint density at radius 3 is 1.24 bits per heavy atom. The van der Waals surface area contributed by atoms with Gasteiger partial charge in [-0.25, -0.2) is 4.79 Å². The zero-order valence-electron chi connectivity index (χ0n) is 21.2. The molecule has 190 valence electrons. The van der Waals surface area contributed by atoms with Gasteiger partial charge in [0.1, 0.15) is 16.8 Å². The number of hydrogen-bond acceptors (Lipinski definition) is 8. The van der Waals surface area contributed by atoms with E-state index in [1.165, 1.54) is 0 Å². The van der Waals surface area contributed by atoms with Crippen molar-refractivity contribution in [2.45, 2.75) is 98.0 Å². The van der Waals surface area contributed by atoms with E-state index in [9.17, 15) is 24.0 Å². The number of rotatable bonds is 9. The van der Waals surface area contributed by atoms with Crippen LogP contribution in [0, 0.1) is 0 Å². The van der Waals surface area contributed by atoms with E-state index < -0.39 is 52.7 Å². The molecule has 0 unspecified atom stereocenters. The van der Waals surface area contributed by atoms with Crippen LogP contribution in [0.25, 0.3) is 0 Å². The van der Waals surface area contributed by atoms with Crippen LogP contribution in [0.1, 0.15) is 75.2 Å². The molecule has 0 spiro atoms. The number of carbonyl (C=O) groups excluding carboxylic acids is 5. The lowest BCUT2D eigenvalue weighted by atomic mass is 10.2. The summed E-state index contributed by atoms with van der Waals surface area (Å²) in [4.78, 5) is 60.8. The van der Waals surface area contributed by atoms with Crippen molar-refractivity contribution in [2.24, 2.45) is 0 Å². The molecule has 0 rings (SSSR count). The van der Waals surface area contributed by atoms with Crippen LogP contribution in [0.5, 0.6) is 0 Å². The van der Waals surface area contributed by atoms with Crippen LogP contribution in [0.2, 0.25) is 0 Å². The molecule has 0 radical (unpaired) electrons. The van der Waals surface area contributed by atoms with Gasteiger partial charge in [0.15, 0.2) is 6.04 Å². The van der Waals surface area contributed by atoms with Crippen LogP contribution in [0.3, 0.4) is 0 Å². The van der Waals surface area contributed by atoms with Crippen molar-refractivity contribution in [3.8, 4) is 0 Å². The first-order chi connectivity index (χ1) is 14.8. The van der Waals surface area contributed by atoms with Crippen molar-refractivity contribution in [1.29, 1.82) is 0 Å². The Hall–Kier alpha value is -2.85. The smallest absolute Gasteiger partial charge is 0.408 e. The number of esters is 2. The highest BCUT2D eigenvalue weighted by Crippen LogP contribution is 2.09. The second-order valence-corrected chi connectivity index (χ2v) is 10.3. The second kappa shape index (κ2) is 12.4. The van der Waals surface area contributed by atoms with Crippen molar-refractivity contribution in [2.75, 3.05) is 13.1 Å². The number of hydrogen-bond donors (Lipinski definition) is 3. The van der Waals surface area contributed by atoms with Crippen molar-refractivity contribution in [3.63, 3.8) is 0 Å². The summed E-state index contributed by atoms with van der Waals surface area (Å²) in [5.74, 6) is -2.75. The fraction of sp³-hybridized carbons (Fsp3) is 0.773. The average Bonchev–Trinajstić information content (AvgIpc) is 2.54. The third-order valence-corrected chi connectivity index (χ3v) is 3.28. The predicted octanol–water partition coefficient (Wildman–Crippen LogP) is 1.58. The third-order valence-electron chi connectivity index (χ3n) is 3.28. The van der Waals surface area contributed by atoms with Gasteiger partial charge in [-0.3, -0.25) is 19.2 Å². The molecular weight excluding hydrogens is 434 g/mol. The summed E-state index contributed by atoms with van der Waals surface area (Å²) >= 11 is 0. The molecule has 0 aromatic carbocycles. The molecule has 0 aliphatic carbocycles. The summed E-state index contributed by atoms with van der Waals surface area (Å²) in [6, 6.07) is -1.64. The molecule has 0 heterocycles. The van der Waals surface area contributed by atoms with E-state index in [0.717, 1.165) is 0 Å². The number of amides is 3. The summed E-state index contributed by atoms with van der Waals surface area (Å²) in [6.45, 7) is 15.0. The highest BCUT2D eigenvalue weighted by atomic mass is 16.6. The Bertz CT molecular complexity index is 669. The summed E-state index contributed by atoms with van der Waals surface area (Å²) in [5, 5.41) is 7.04. The number of ether oxygens (including phenoxy) is 3. The normalized spacial score (nSPS) is 11.9. The predicted molar refractivity (Wildman–Crippen MR) is 120 cm³/mol. The lowest BCUT2D eigenvalue weighted by molar-refractivity contribution is -0.155. The maximum atomic E-state index is 12.6. The molecule has 0 fully saturated rings. The van der Waals surface area contributed by atoms with Crippen LogP contribution in [-0.4, -0.2) is 65.8 Å². The maximum Gasteiger partial charge on any atom is 0.408 e. The Morgan fingerprint density at radius 1 is 0.606 bits per heavy atom. The standard InChI is InChI=1S/C22H39N3O8/c1-20(2,3)31-14(26)10-12-23-17(28)16(25-19(30)33-22(7,8)9)18(29)24-13-11-15(27)32-21(4,5)6/h16H,10-13H2,1-9H3,(H,23,28)(H,24,29)(H,25,30). The zero-order chi connectivity index (χ0) is 26.0. The van der Waals surface area contributed by atoms with E-state index in [1.807, 2.05) is 0 Å². The number of alkyl carbamates (subject to hydrolysis) is 1. The molecule has 0 saturated carbocycles. The van der Waals surface area contributed by atoms with Crippen LogP contribution < -0.4 is 16.0 Å². The molecule has 33 heavy (non-hydrogen) atoms. The molecule has 0 aliphatic rings. The van der Waals surface area contributed by atoms with Crippen molar-refractivity contribution >= 4 is 29.8 Å². The van der Waals surface area contributed by atoms with Gasteiger partial charge in [-0.2, -0.15) is 0 Å². The molecule has 0 atom stereocenters. The van der Waals surface area contributed by atoms with Crippen LogP contribution in [-0.2, 0) is 33.4 Å². The molecule has 3 N–H and O–H groups in total. The minimum absolute atomic E-state index is 0.106. The zero-order valence-corrected chi connectivity index (χ0v) is 21.2. The molecule has 11 nitrogen and oxygen atoms in total. The van der Waals surface area contributed by atoms with Crippen LogP contribution in [0.4, 0.5) is 4.79 Å². The van der Waals surface area contributed by atoms with E-state index in [4.69, 9.17) is 14.2 Å². The van der Waals surface area contributed by atoms with Gasteiger partial charge >= 0.3 is 18.0 Å². The van der Waals surface area contributed by atoms with Gasteiger partial charge in [-0.1, -0.05) is 0 Å². The third kappa shape index (κ3) is 16.4. The summed E-state index contributed by atoms with van der Waals surface area (Å²) in [7, 11) is 0. The molecule has 0 saturated heterocycles. The van der Waals surface area contributed by atoms with E-state index >= 15 is 0 Å². The lowest BCUT2D eigenvalue weighted by Crippen LogP contribution is -2.56. The number of carbonyl (C=O) groups is 5. The van der Waals surface area contributed by atoms with Crippen molar-refractivity contribution in [1.82, 2.24) is 16.0 Å². The summed E-state index contributed by atoms with van der Waals surface area (Å²) in [6.07, 6.45) is -1.22. The van der Waals surface area contributed by atoms with Gasteiger partial charge in [-0.15, -0.1) is 0 Å². The van der Waals surface area contributed by atoms with E-state index in [1.54, 1.807) is 62.3 Å². The lowest BCUT2D eigenvalue weighted by Gasteiger charge is -2.23. The molecular formula is C22H39N3O8. The minimum Gasteiger partial charge on any atom is -0.460 e. The van der Waals surface area contributed by atoms with Gasteiger partial charge < -0.3 is 30.2 Å². The summed E-state index contributed by atoms with van der Waals surface area (Å²) in [5.41, 5.74) is -2.19. The highest BCUT2D eigenvalue weighted by Gasteiger charge is 2.30. The Kier molecular flexibility index (Phi) is 11.3. The number of nitrogens with one attached hydrogen (secondary N) is 3. The van der Waals surface area contributed by atoms with Gasteiger partial charge in [0, 0.05) is 13.1 Å². The summed E-state index contributed by atoms with van der Waals surface area (Å²) < 4.78 is 15.4. The van der Waals surface area contributed by atoms with Gasteiger partial charge in [-0.05, 0) is 62.3 Å². The van der Waals surface area contributed by atoms with Crippen LogP contribution in [0.15, 0.2) is 0 Å². The largest absolute Gasteiger partial charge is 0.460 e. The van der Waals surface area contributed by atoms with E-state index in [-0.39, 0.29) is 25.9 Å². The van der Waals surface area contributed by atoms with E-state index in [2.05, 4.69) is 16.0 Å². The fourth-order valence-corrected chi connectivity index (χ4v) is 2.24. The van der Waals surface area contributed by atoms with Crippen molar-refractivity contribution < 1.29 is 38.2 Å². The molecule has 11 heteroatoms. The van der Waals surface area contributed by atoms with Crippen LogP contribution >= 0.6 is 0 Å². The molecule has 0 aliphatic heterocycles. The maximum absolute atomic E-state index is 12.6. The van der Waals surface area contributed by atoms with E-state index in [0.29, 0.717) is 0 Å². The van der Waals surface area contributed by atoms with Gasteiger partial charge in [0.25, 0.3) is 11.8 Å². The van der Waals surface area contributed by atoms with Gasteiger partial charge in [0.05, 0.1) is 12.8 Å². The highest BCUT2D eigenvalue weighted by molar-refractivity contribution is 6.06. The average molecular weight is 474 g/mol. The minimum atomic E-state index is -1.64. The topological polar surface area (TPSA) is 149 Å². The first-order valence-electron chi connectivity index (χ1n) is 10.8. The Morgan fingerprint density at radius 2 is 0.939 bits per heavy atom. The fourth-order valence-electron chi connectivity index (χ4n) is 2.24. The molecule has 0 aromatic heterocycles. The molecule has 3 amide bonds. The first kappa shape index (κ1) is 30.1. The molecule has 0 bridgehead atoms.